The molecule has 11 heteroatoms. The third kappa shape index (κ3) is 16.2. The SMILES string of the molecule is CN(C)Cc1cc(CN(C)C)cc(C([O-])=NCCCC[C@H](NC(=O)OC(C)(C)C)C(=O)O)c1.[I][Pt+]. The number of halogens is 1. The minimum absolute atomic E-state index is 0.226. The van der Waals surface area contributed by atoms with Crippen LogP contribution < -0.4 is 10.4 Å². The van der Waals surface area contributed by atoms with E-state index >= 15 is 0 Å². The van der Waals surface area contributed by atoms with Crippen LogP contribution in [-0.2, 0) is 38.8 Å². The van der Waals surface area contributed by atoms with Crippen LogP contribution in [0.25, 0.3) is 0 Å². The van der Waals surface area contributed by atoms with Crippen molar-refractivity contribution in [3.05, 3.63) is 34.9 Å². The van der Waals surface area contributed by atoms with Crippen LogP contribution in [0, 0.1) is 0 Å². The standard InChI is InChI=1S/C24H40N4O5.HI.Pt/c1-24(2,3)33-23(32)26-20(22(30)31)10-8-9-11-25-21(29)19-13-17(15-27(4)5)12-18(14-19)16-28(6)7;;/h12-14,20H,8-11,15-16H2,1-7H3,(H,25,29)(H,26,32)(H,30,31);1H;/q;;+2/p-2/t20-;;/m0../s1. The van der Waals surface area contributed by atoms with E-state index in [9.17, 15) is 19.8 Å². The Morgan fingerprint density at radius 2 is 1.60 bits per heavy atom. The van der Waals surface area contributed by atoms with Crippen LogP contribution in [0.4, 0.5) is 4.79 Å². The van der Waals surface area contributed by atoms with E-state index in [2.05, 4.69) is 51.9 Å². The Bertz CT molecular complexity index is 800. The number of alkyl carbamates (subject to hydrolysis) is 1. The molecule has 35 heavy (non-hydrogen) atoms. The van der Waals surface area contributed by atoms with Gasteiger partial charge in [-0.15, -0.1) is 0 Å². The molecule has 2 N–H and O–H groups in total. The van der Waals surface area contributed by atoms with Crippen LogP contribution >= 0.6 is 19.4 Å². The van der Waals surface area contributed by atoms with Crippen molar-refractivity contribution in [2.45, 2.75) is 64.8 Å². The zero-order valence-corrected chi connectivity index (χ0v) is 26.1. The minimum atomic E-state index is -1.12. The first-order valence-electron chi connectivity index (χ1n) is 11.2. The number of carbonyl (C=O) groups excluding carboxylic acids is 1. The molecule has 0 bridgehead atoms. The number of unbranched alkanes of at least 4 members (excludes halogenated alkanes) is 1. The Morgan fingerprint density at radius 1 is 1.09 bits per heavy atom. The first-order chi connectivity index (χ1) is 16.3. The van der Waals surface area contributed by atoms with Gasteiger partial charge in [0.1, 0.15) is 11.6 Å². The molecule has 1 aromatic rings. The first kappa shape index (κ1) is 33.8. The molecular weight excluding hydrogens is 746 g/mol. The maximum atomic E-state index is 12.6. The van der Waals surface area contributed by atoms with Crippen LogP contribution in [-0.4, -0.2) is 79.2 Å². The molecule has 0 heterocycles. The summed E-state index contributed by atoms with van der Waals surface area (Å²) in [5.74, 6) is -1.41. The Labute approximate surface area is 231 Å². The predicted molar refractivity (Wildman–Crippen MR) is 141 cm³/mol. The summed E-state index contributed by atoms with van der Waals surface area (Å²) in [5, 5.41) is 24.4. The van der Waals surface area contributed by atoms with Crippen LogP contribution in [0.5, 0.6) is 0 Å². The molecule has 1 rings (SSSR count). The van der Waals surface area contributed by atoms with Crippen LogP contribution in [0.15, 0.2) is 23.2 Å². The van der Waals surface area contributed by atoms with Gasteiger partial charge in [-0.05, 0) is 103 Å². The van der Waals surface area contributed by atoms with E-state index in [1.54, 1.807) is 20.8 Å². The number of nitrogens with one attached hydrogen (secondary N) is 1. The van der Waals surface area contributed by atoms with Crippen molar-refractivity contribution in [1.29, 1.82) is 0 Å². The van der Waals surface area contributed by atoms with E-state index in [0.717, 1.165) is 24.2 Å². The molecule has 0 aliphatic carbocycles. The van der Waals surface area contributed by atoms with Crippen molar-refractivity contribution in [1.82, 2.24) is 15.1 Å². The second-order valence-electron chi connectivity index (χ2n) is 9.73. The van der Waals surface area contributed by atoms with E-state index in [1.165, 1.54) is 0 Å². The molecule has 1 atom stereocenters. The summed E-state index contributed by atoms with van der Waals surface area (Å²) in [6.45, 7) is 6.87. The predicted octanol–water partition coefficient (Wildman–Crippen LogP) is 2.95. The number of amides is 1. The van der Waals surface area contributed by atoms with Crippen LogP contribution in [0.2, 0.25) is 0 Å². The maximum absolute atomic E-state index is 12.6. The van der Waals surface area contributed by atoms with Gasteiger partial charge in [-0.25, -0.2) is 9.59 Å². The number of hydrogen-bond acceptors (Lipinski definition) is 7. The first-order valence-corrected chi connectivity index (χ1v) is 17.7. The van der Waals surface area contributed by atoms with E-state index in [1.807, 2.05) is 50.1 Å². The van der Waals surface area contributed by atoms with E-state index in [-0.39, 0.29) is 12.3 Å². The van der Waals surface area contributed by atoms with Crippen molar-refractivity contribution >= 4 is 37.3 Å². The van der Waals surface area contributed by atoms with Gasteiger partial charge in [-0.2, -0.15) is 0 Å². The van der Waals surface area contributed by atoms with Gasteiger partial charge in [0.15, 0.2) is 0 Å². The van der Waals surface area contributed by atoms with Gasteiger partial charge in [-0.1, -0.05) is 6.07 Å². The quantitative estimate of drug-likeness (QED) is 0.145. The zero-order valence-electron chi connectivity index (χ0n) is 21.7. The molecule has 202 valence electrons. The topological polar surface area (TPSA) is 118 Å². The average molecular weight is 786 g/mol. The van der Waals surface area contributed by atoms with E-state index < -0.39 is 23.7 Å². The molecule has 0 saturated heterocycles. The van der Waals surface area contributed by atoms with Crippen molar-refractivity contribution in [3.8, 4) is 0 Å². The number of rotatable bonds is 12. The third-order valence-electron chi connectivity index (χ3n) is 4.44. The number of benzene rings is 1. The molecule has 0 unspecified atom stereocenters. The van der Waals surface area contributed by atoms with E-state index in [0.29, 0.717) is 24.9 Å². The van der Waals surface area contributed by atoms with Gasteiger partial charge in [-0.3, -0.25) is 0 Å². The Hall–Kier alpha value is -1.23. The molecule has 0 fully saturated rings. The number of ether oxygens (including phenoxy) is 1. The van der Waals surface area contributed by atoms with Crippen molar-refractivity contribution in [3.63, 3.8) is 0 Å². The van der Waals surface area contributed by atoms with Gasteiger partial charge in [0, 0.05) is 19.6 Å². The number of carboxylic acid groups (broad SMARTS) is 1. The Morgan fingerprint density at radius 3 is 2.03 bits per heavy atom. The summed E-state index contributed by atoms with van der Waals surface area (Å²) >= 11 is 4.23. The van der Waals surface area contributed by atoms with Gasteiger partial charge in [0.2, 0.25) is 0 Å². The summed E-state index contributed by atoms with van der Waals surface area (Å²) in [5.41, 5.74) is 1.95. The molecule has 0 spiro atoms. The number of aliphatic imine (C=N–C) groups is 1. The third-order valence-corrected chi connectivity index (χ3v) is 4.44. The number of carbonyl (C=O) groups is 2. The molecular formula is C24H39IN4O5Pt. The van der Waals surface area contributed by atoms with Gasteiger partial charge < -0.3 is 35.1 Å². The number of aliphatic carboxylic acids is 1. The molecule has 1 amide bonds. The molecule has 0 saturated carbocycles. The molecule has 0 aliphatic heterocycles. The monoisotopic (exact) mass is 785 g/mol. The molecule has 9 nitrogen and oxygen atoms in total. The van der Waals surface area contributed by atoms with Crippen LogP contribution in [0.1, 0.15) is 56.7 Å². The van der Waals surface area contributed by atoms with Crippen molar-refractivity contribution < 1.29 is 40.7 Å². The Balaban J connectivity index is 0.00000562. The number of nitrogens with zero attached hydrogens (tertiary/aromatic N) is 3. The second-order valence-corrected chi connectivity index (χ2v) is 9.73. The molecule has 0 aromatic heterocycles. The van der Waals surface area contributed by atoms with Gasteiger partial charge in [0.05, 0.1) is 0 Å². The van der Waals surface area contributed by atoms with Gasteiger partial charge >= 0.3 is 47.5 Å². The molecule has 0 radical (unpaired) electrons. The number of carboxylic acids is 1. The van der Waals surface area contributed by atoms with E-state index in [4.69, 9.17) is 4.74 Å². The summed E-state index contributed by atoms with van der Waals surface area (Å²) in [6, 6.07) is 4.79. The normalized spacial score (nSPS) is 12.7. The van der Waals surface area contributed by atoms with Crippen LogP contribution in [0.3, 0.4) is 0 Å². The molecule has 0 aliphatic rings. The number of hydrogen-bond donors (Lipinski definition) is 2. The summed E-state index contributed by atoms with van der Waals surface area (Å²) in [6.07, 6.45) is 0.494. The zero-order chi connectivity index (χ0) is 27.2. The fourth-order valence-electron chi connectivity index (χ4n) is 3.24. The fraction of sp³-hybridized carbons (Fsp3) is 0.625. The second kappa shape index (κ2) is 17.3. The Kier molecular flexibility index (Phi) is 16.7. The average Bonchev–Trinajstić information content (AvgIpc) is 2.71. The van der Waals surface area contributed by atoms with Crippen molar-refractivity contribution in [2.24, 2.45) is 4.99 Å². The summed E-state index contributed by atoms with van der Waals surface area (Å²) in [4.78, 5) is 31.5. The molecule has 1 aromatic carbocycles. The van der Waals surface area contributed by atoms with Gasteiger partial charge in [0.25, 0.3) is 0 Å². The van der Waals surface area contributed by atoms with Crippen molar-refractivity contribution in [2.75, 3.05) is 34.7 Å². The fourth-order valence-corrected chi connectivity index (χ4v) is 3.24. The summed E-state index contributed by atoms with van der Waals surface area (Å²) < 4.78 is 5.11. The summed E-state index contributed by atoms with van der Waals surface area (Å²) in [7, 11) is 7.91.